The summed E-state index contributed by atoms with van der Waals surface area (Å²) >= 11 is 0. The number of hydrogen-bond acceptors (Lipinski definition) is 4. The van der Waals surface area contributed by atoms with Crippen LogP contribution in [0.2, 0.25) is 0 Å². The van der Waals surface area contributed by atoms with E-state index >= 15 is 0 Å². The molecule has 0 fully saturated rings. The molecule has 0 saturated heterocycles. The van der Waals surface area contributed by atoms with Crippen LogP contribution in [0, 0.1) is 0 Å². The molecule has 84 valence electrons. The van der Waals surface area contributed by atoms with Gasteiger partial charge in [-0.1, -0.05) is 6.92 Å². The predicted octanol–water partition coefficient (Wildman–Crippen LogP) is 1.22. The fourth-order valence-electron chi connectivity index (χ4n) is 1.18. The van der Waals surface area contributed by atoms with Gasteiger partial charge in [0.1, 0.15) is 12.4 Å². The minimum Gasteiger partial charge on any atom is -0.489 e. The standard InChI is InChI=1S/C11H18N2O2/c1-3-12-8-10-4-5-13-9-11(10)15-7-6-14-2/h4-5,9,12H,3,6-8H2,1-2H3. The molecule has 15 heavy (non-hydrogen) atoms. The molecular weight excluding hydrogens is 192 g/mol. The number of aromatic nitrogens is 1. The Morgan fingerprint density at radius 1 is 1.40 bits per heavy atom. The number of pyridine rings is 1. The molecule has 4 nitrogen and oxygen atoms in total. The minimum absolute atomic E-state index is 0.557. The minimum atomic E-state index is 0.557. The van der Waals surface area contributed by atoms with E-state index in [0.717, 1.165) is 24.4 Å². The molecule has 0 aromatic carbocycles. The Morgan fingerprint density at radius 3 is 3.00 bits per heavy atom. The molecule has 1 aromatic heterocycles. The van der Waals surface area contributed by atoms with Crippen molar-refractivity contribution < 1.29 is 9.47 Å². The van der Waals surface area contributed by atoms with Crippen LogP contribution in [-0.4, -0.2) is 31.9 Å². The van der Waals surface area contributed by atoms with Gasteiger partial charge in [-0.05, 0) is 12.6 Å². The first-order valence-electron chi connectivity index (χ1n) is 5.13. The van der Waals surface area contributed by atoms with Gasteiger partial charge in [-0.3, -0.25) is 4.98 Å². The van der Waals surface area contributed by atoms with Gasteiger partial charge in [0.2, 0.25) is 0 Å². The van der Waals surface area contributed by atoms with Crippen LogP contribution < -0.4 is 10.1 Å². The molecule has 0 aliphatic carbocycles. The molecule has 0 saturated carbocycles. The normalized spacial score (nSPS) is 10.3. The van der Waals surface area contributed by atoms with Gasteiger partial charge in [-0.25, -0.2) is 0 Å². The van der Waals surface area contributed by atoms with E-state index in [0.29, 0.717) is 13.2 Å². The van der Waals surface area contributed by atoms with E-state index in [9.17, 15) is 0 Å². The average Bonchev–Trinajstić information content (AvgIpc) is 2.28. The summed E-state index contributed by atoms with van der Waals surface area (Å²) < 4.78 is 10.5. The maximum atomic E-state index is 5.55. The van der Waals surface area contributed by atoms with Crippen molar-refractivity contribution in [2.45, 2.75) is 13.5 Å². The first-order valence-corrected chi connectivity index (χ1v) is 5.13. The zero-order valence-electron chi connectivity index (χ0n) is 9.32. The Bertz CT molecular complexity index is 279. The Morgan fingerprint density at radius 2 is 2.27 bits per heavy atom. The summed E-state index contributed by atoms with van der Waals surface area (Å²) in [6.45, 7) is 4.98. The van der Waals surface area contributed by atoms with Crippen molar-refractivity contribution in [1.82, 2.24) is 10.3 Å². The van der Waals surface area contributed by atoms with E-state index in [2.05, 4.69) is 17.2 Å². The average molecular weight is 210 g/mol. The molecule has 0 unspecified atom stereocenters. The highest BCUT2D eigenvalue weighted by atomic mass is 16.5. The summed E-state index contributed by atoms with van der Waals surface area (Å²) in [5, 5.41) is 3.26. The molecule has 0 atom stereocenters. The molecule has 1 N–H and O–H groups in total. The first kappa shape index (κ1) is 11.9. The largest absolute Gasteiger partial charge is 0.489 e. The zero-order chi connectivity index (χ0) is 10.9. The smallest absolute Gasteiger partial charge is 0.142 e. The summed E-state index contributed by atoms with van der Waals surface area (Å²) in [4.78, 5) is 4.04. The molecule has 0 amide bonds. The van der Waals surface area contributed by atoms with E-state index < -0.39 is 0 Å². The number of nitrogens with one attached hydrogen (secondary N) is 1. The second-order valence-electron chi connectivity index (χ2n) is 3.10. The molecule has 0 radical (unpaired) electrons. The summed E-state index contributed by atoms with van der Waals surface area (Å²) in [5.41, 5.74) is 1.13. The SMILES string of the molecule is CCNCc1ccncc1OCCOC. The quantitative estimate of drug-likeness (QED) is 0.687. The van der Waals surface area contributed by atoms with Gasteiger partial charge in [0, 0.05) is 25.4 Å². The topological polar surface area (TPSA) is 43.4 Å². The third-order valence-electron chi connectivity index (χ3n) is 1.98. The van der Waals surface area contributed by atoms with E-state index in [4.69, 9.17) is 9.47 Å². The second kappa shape index (κ2) is 7.20. The molecule has 0 aliphatic rings. The van der Waals surface area contributed by atoms with E-state index in [-0.39, 0.29) is 0 Å². The van der Waals surface area contributed by atoms with Gasteiger partial charge in [-0.2, -0.15) is 0 Å². The lowest BCUT2D eigenvalue weighted by Gasteiger charge is -2.10. The van der Waals surface area contributed by atoms with Crippen LogP contribution in [0.1, 0.15) is 12.5 Å². The van der Waals surface area contributed by atoms with Crippen LogP contribution in [0.15, 0.2) is 18.5 Å². The van der Waals surface area contributed by atoms with Crippen LogP contribution in [0.4, 0.5) is 0 Å². The summed E-state index contributed by atoms with van der Waals surface area (Å²) in [6.07, 6.45) is 3.51. The van der Waals surface area contributed by atoms with Crippen molar-refractivity contribution in [2.75, 3.05) is 26.9 Å². The van der Waals surface area contributed by atoms with Crippen LogP contribution in [0.25, 0.3) is 0 Å². The maximum Gasteiger partial charge on any atom is 0.142 e. The van der Waals surface area contributed by atoms with Gasteiger partial charge >= 0.3 is 0 Å². The van der Waals surface area contributed by atoms with E-state index in [1.54, 1.807) is 19.5 Å². The number of hydrogen-bond donors (Lipinski definition) is 1. The Kier molecular flexibility index (Phi) is 5.73. The first-order chi connectivity index (χ1) is 7.38. The van der Waals surface area contributed by atoms with Gasteiger partial charge in [-0.15, -0.1) is 0 Å². The summed E-state index contributed by atoms with van der Waals surface area (Å²) in [7, 11) is 1.66. The lowest BCUT2D eigenvalue weighted by atomic mass is 10.2. The Hall–Kier alpha value is -1.13. The predicted molar refractivity (Wildman–Crippen MR) is 59.0 cm³/mol. The monoisotopic (exact) mass is 210 g/mol. The Labute approximate surface area is 90.6 Å². The number of rotatable bonds is 7. The van der Waals surface area contributed by atoms with Crippen molar-refractivity contribution in [2.24, 2.45) is 0 Å². The second-order valence-corrected chi connectivity index (χ2v) is 3.10. The lowest BCUT2D eigenvalue weighted by molar-refractivity contribution is 0.145. The lowest BCUT2D eigenvalue weighted by Crippen LogP contribution is -2.14. The van der Waals surface area contributed by atoms with Crippen LogP contribution >= 0.6 is 0 Å². The zero-order valence-corrected chi connectivity index (χ0v) is 9.32. The van der Waals surface area contributed by atoms with Crippen LogP contribution in [-0.2, 0) is 11.3 Å². The molecule has 0 bridgehead atoms. The molecule has 0 spiro atoms. The van der Waals surface area contributed by atoms with Crippen molar-refractivity contribution in [3.63, 3.8) is 0 Å². The molecule has 0 aliphatic heterocycles. The summed E-state index contributed by atoms with van der Waals surface area (Å²) in [5.74, 6) is 0.829. The van der Waals surface area contributed by atoms with E-state index in [1.807, 2.05) is 6.07 Å². The van der Waals surface area contributed by atoms with Crippen molar-refractivity contribution in [1.29, 1.82) is 0 Å². The number of nitrogens with zero attached hydrogens (tertiary/aromatic N) is 1. The molecule has 4 heteroatoms. The van der Waals surface area contributed by atoms with Gasteiger partial charge in [0.25, 0.3) is 0 Å². The van der Waals surface area contributed by atoms with E-state index in [1.165, 1.54) is 0 Å². The van der Waals surface area contributed by atoms with Crippen molar-refractivity contribution >= 4 is 0 Å². The van der Waals surface area contributed by atoms with Gasteiger partial charge in [0.15, 0.2) is 0 Å². The highest BCUT2D eigenvalue weighted by Gasteiger charge is 2.02. The highest BCUT2D eigenvalue weighted by molar-refractivity contribution is 5.29. The fourth-order valence-corrected chi connectivity index (χ4v) is 1.18. The van der Waals surface area contributed by atoms with Gasteiger partial charge < -0.3 is 14.8 Å². The Balaban J connectivity index is 2.52. The molecule has 1 aromatic rings. The number of methoxy groups -OCH3 is 1. The van der Waals surface area contributed by atoms with Crippen LogP contribution in [0.3, 0.4) is 0 Å². The maximum absolute atomic E-state index is 5.55. The highest BCUT2D eigenvalue weighted by Crippen LogP contribution is 2.15. The fraction of sp³-hybridized carbons (Fsp3) is 0.545. The van der Waals surface area contributed by atoms with Crippen molar-refractivity contribution in [3.05, 3.63) is 24.0 Å². The summed E-state index contributed by atoms with van der Waals surface area (Å²) in [6, 6.07) is 1.96. The van der Waals surface area contributed by atoms with Crippen LogP contribution in [0.5, 0.6) is 5.75 Å². The molecular formula is C11H18N2O2. The molecule has 1 rings (SSSR count). The third kappa shape index (κ3) is 4.27. The number of ether oxygens (including phenoxy) is 2. The van der Waals surface area contributed by atoms with Gasteiger partial charge in [0.05, 0.1) is 12.8 Å². The van der Waals surface area contributed by atoms with Crippen molar-refractivity contribution in [3.8, 4) is 5.75 Å². The molecule has 1 heterocycles. The third-order valence-corrected chi connectivity index (χ3v) is 1.98.